The summed E-state index contributed by atoms with van der Waals surface area (Å²) in [5.74, 6) is -0.354. The third-order valence-corrected chi connectivity index (χ3v) is 2.70. The molecule has 2 fully saturated rings. The highest BCUT2D eigenvalue weighted by atomic mass is 16.5. The molecule has 0 aromatic heterocycles. The molecule has 1 aliphatic carbocycles. The van der Waals surface area contributed by atoms with E-state index in [1.54, 1.807) is 0 Å². The Bertz CT molecular complexity index is 197. The lowest BCUT2D eigenvalue weighted by atomic mass is 10.1. The van der Waals surface area contributed by atoms with Crippen molar-refractivity contribution in [2.45, 2.75) is 31.3 Å². The molecular formula is C9H15NO3. The van der Waals surface area contributed by atoms with Crippen LogP contribution in [0.1, 0.15) is 19.3 Å². The second-order valence-corrected chi connectivity index (χ2v) is 3.88. The van der Waals surface area contributed by atoms with E-state index in [1.807, 2.05) is 0 Å². The summed E-state index contributed by atoms with van der Waals surface area (Å²) < 4.78 is 5.18. The Kier molecular flexibility index (Phi) is 2.51. The first-order valence-corrected chi connectivity index (χ1v) is 4.84. The number of carboxylic acids is 1. The smallest absolute Gasteiger partial charge is 0.320 e. The molecule has 74 valence electrons. The van der Waals surface area contributed by atoms with Gasteiger partial charge in [0.15, 0.2) is 0 Å². The molecule has 2 rings (SSSR count). The van der Waals surface area contributed by atoms with Crippen molar-refractivity contribution in [3.8, 4) is 0 Å². The van der Waals surface area contributed by atoms with Gasteiger partial charge in [0.2, 0.25) is 0 Å². The molecule has 2 atom stereocenters. The van der Waals surface area contributed by atoms with Crippen LogP contribution in [0.3, 0.4) is 0 Å². The zero-order valence-corrected chi connectivity index (χ0v) is 7.53. The summed E-state index contributed by atoms with van der Waals surface area (Å²) in [5, 5.41) is 12.1. The molecule has 0 radical (unpaired) electrons. The van der Waals surface area contributed by atoms with Gasteiger partial charge in [-0.1, -0.05) is 0 Å². The summed E-state index contributed by atoms with van der Waals surface area (Å²) in [6.07, 6.45) is 3.05. The largest absolute Gasteiger partial charge is 0.480 e. The minimum Gasteiger partial charge on any atom is -0.480 e. The molecule has 0 bridgehead atoms. The summed E-state index contributed by atoms with van der Waals surface area (Å²) in [6.45, 7) is 1.42. The van der Waals surface area contributed by atoms with Gasteiger partial charge in [-0.05, 0) is 25.2 Å². The highest BCUT2D eigenvalue weighted by Gasteiger charge is 2.37. The van der Waals surface area contributed by atoms with Crippen LogP contribution in [0.25, 0.3) is 0 Å². The maximum absolute atomic E-state index is 10.9. The molecule has 2 aliphatic rings. The first-order valence-electron chi connectivity index (χ1n) is 4.84. The molecule has 0 spiro atoms. The molecule has 2 unspecified atom stereocenters. The lowest BCUT2D eigenvalue weighted by molar-refractivity contribution is -0.140. The van der Waals surface area contributed by atoms with Gasteiger partial charge in [-0.15, -0.1) is 0 Å². The highest BCUT2D eigenvalue weighted by molar-refractivity contribution is 5.74. The summed E-state index contributed by atoms with van der Waals surface area (Å²) in [7, 11) is 0. The Labute approximate surface area is 77.3 Å². The van der Waals surface area contributed by atoms with Gasteiger partial charge in [-0.3, -0.25) is 10.1 Å². The Balaban J connectivity index is 1.84. The van der Waals surface area contributed by atoms with Gasteiger partial charge in [-0.25, -0.2) is 0 Å². The van der Waals surface area contributed by atoms with Crippen LogP contribution >= 0.6 is 0 Å². The Morgan fingerprint density at radius 3 is 2.69 bits per heavy atom. The van der Waals surface area contributed by atoms with Crippen molar-refractivity contribution in [2.75, 3.05) is 13.2 Å². The van der Waals surface area contributed by atoms with Gasteiger partial charge in [-0.2, -0.15) is 0 Å². The van der Waals surface area contributed by atoms with Crippen molar-refractivity contribution >= 4 is 5.97 Å². The van der Waals surface area contributed by atoms with Crippen molar-refractivity contribution in [2.24, 2.45) is 5.92 Å². The summed E-state index contributed by atoms with van der Waals surface area (Å²) in [6, 6.07) is -0.0894. The number of carbonyl (C=O) groups is 1. The van der Waals surface area contributed by atoms with E-state index in [2.05, 4.69) is 5.32 Å². The lowest BCUT2D eigenvalue weighted by Gasteiger charge is -2.17. The van der Waals surface area contributed by atoms with Crippen LogP contribution in [0, 0.1) is 5.92 Å². The Hall–Kier alpha value is -0.610. The maximum Gasteiger partial charge on any atom is 0.320 e. The van der Waals surface area contributed by atoms with Crippen LogP contribution in [-0.2, 0) is 9.53 Å². The van der Waals surface area contributed by atoms with Crippen LogP contribution in [0.2, 0.25) is 0 Å². The van der Waals surface area contributed by atoms with E-state index in [0.29, 0.717) is 12.5 Å². The molecule has 1 saturated carbocycles. The number of ether oxygens (including phenoxy) is 1. The maximum atomic E-state index is 10.9. The van der Waals surface area contributed by atoms with Crippen molar-refractivity contribution in [3.63, 3.8) is 0 Å². The third kappa shape index (κ3) is 2.19. The van der Waals surface area contributed by atoms with Gasteiger partial charge in [0, 0.05) is 12.6 Å². The van der Waals surface area contributed by atoms with Crippen LogP contribution in [0.5, 0.6) is 0 Å². The standard InChI is InChI=1S/C9H15NO3/c11-9(12)8(6-1-2-6)10-7-3-4-13-5-7/h6-8,10H,1-5H2,(H,11,12). The lowest BCUT2D eigenvalue weighted by Crippen LogP contribution is -2.45. The SMILES string of the molecule is O=C(O)C(NC1CCOC1)C1CC1. The minimum atomic E-state index is -0.714. The predicted octanol–water partition coefficient (Wildman–Crippen LogP) is 0.228. The monoisotopic (exact) mass is 185 g/mol. The molecule has 13 heavy (non-hydrogen) atoms. The first-order chi connectivity index (χ1) is 6.27. The molecule has 0 aromatic carbocycles. The number of carboxylic acid groups (broad SMARTS) is 1. The predicted molar refractivity (Wildman–Crippen MR) is 46.5 cm³/mol. The number of hydrogen-bond acceptors (Lipinski definition) is 3. The fourth-order valence-electron chi connectivity index (χ4n) is 1.76. The fourth-order valence-corrected chi connectivity index (χ4v) is 1.76. The molecule has 1 heterocycles. The number of nitrogens with one attached hydrogen (secondary N) is 1. The summed E-state index contributed by atoms with van der Waals surface area (Å²) >= 11 is 0. The summed E-state index contributed by atoms with van der Waals surface area (Å²) in [5.41, 5.74) is 0. The molecule has 2 N–H and O–H groups in total. The van der Waals surface area contributed by atoms with E-state index in [-0.39, 0.29) is 12.1 Å². The molecule has 4 nitrogen and oxygen atoms in total. The van der Waals surface area contributed by atoms with Gasteiger partial charge in [0.25, 0.3) is 0 Å². The minimum absolute atomic E-state index is 0.252. The van der Waals surface area contributed by atoms with Crippen molar-refractivity contribution < 1.29 is 14.6 Å². The Morgan fingerprint density at radius 2 is 2.23 bits per heavy atom. The Morgan fingerprint density at radius 1 is 1.46 bits per heavy atom. The van der Waals surface area contributed by atoms with E-state index in [0.717, 1.165) is 25.9 Å². The van der Waals surface area contributed by atoms with Crippen LogP contribution in [0.15, 0.2) is 0 Å². The first kappa shape index (κ1) is 8.97. The van der Waals surface area contributed by atoms with Crippen LogP contribution < -0.4 is 5.32 Å². The molecule has 0 amide bonds. The molecule has 1 saturated heterocycles. The van der Waals surface area contributed by atoms with Crippen molar-refractivity contribution in [1.29, 1.82) is 0 Å². The topological polar surface area (TPSA) is 58.6 Å². The average molecular weight is 185 g/mol. The quantitative estimate of drug-likeness (QED) is 0.658. The molecule has 0 aromatic rings. The molecular weight excluding hydrogens is 170 g/mol. The van der Waals surface area contributed by atoms with Crippen LogP contribution in [-0.4, -0.2) is 36.4 Å². The number of aliphatic carboxylic acids is 1. The van der Waals surface area contributed by atoms with Gasteiger partial charge < -0.3 is 9.84 Å². The second kappa shape index (κ2) is 3.64. The van der Waals surface area contributed by atoms with E-state index >= 15 is 0 Å². The van der Waals surface area contributed by atoms with Crippen molar-refractivity contribution in [3.05, 3.63) is 0 Å². The average Bonchev–Trinajstić information content (AvgIpc) is 2.79. The third-order valence-electron chi connectivity index (χ3n) is 2.70. The second-order valence-electron chi connectivity index (χ2n) is 3.88. The van der Waals surface area contributed by atoms with Gasteiger partial charge >= 0.3 is 5.97 Å². The van der Waals surface area contributed by atoms with E-state index in [4.69, 9.17) is 9.84 Å². The van der Waals surface area contributed by atoms with E-state index < -0.39 is 5.97 Å². The van der Waals surface area contributed by atoms with E-state index in [9.17, 15) is 4.79 Å². The molecule has 4 heteroatoms. The van der Waals surface area contributed by atoms with Gasteiger partial charge in [0.1, 0.15) is 6.04 Å². The zero-order chi connectivity index (χ0) is 9.26. The fraction of sp³-hybridized carbons (Fsp3) is 0.889. The number of hydrogen-bond donors (Lipinski definition) is 2. The van der Waals surface area contributed by atoms with Crippen LogP contribution in [0.4, 0.5) is 0 Å². The van der Waals surface area contributed by atoms with E-state index in [1.165, 1.54) is 0 Å². The molecule has 1 aliphatic heterocycles. The highest BCUT2D eigenvalue weighted by Crippen LogP contribution is 2.33. The number of rotatable bonds is 4. The van der Waals surface area contributed by atoms with Gasteiger partial charge in [0.05, 0.1) is 6.61 Å². The zero-order valence-electron chi connectivity index (χ0n) is 7.53. The van der Waals surface area contributed by atoms with Crippen molar-refractivity contribution in [1.82, 2.24) is 5.32 Å². The normalized spacial score (nSPS) is 30.3. The summed E-state index contributed by atoms with van der Waals surface area (Å²) in [4.78, 5) is 10.9.